The summed E-state index contributed by atoms with van der Waals surface area (Å²) in [6, 6.07) is 10.6. The molecule has 1 saturated heterocycles. The Labute approximate surface area is 151 Å². The van der Waals surface area contributed by atoms with Crippen LogP contribution in [0.2, 0.25) is 0 Å². The minimum absolute atomic E-state index is 0.384. The van der Waals surface area contributed by atoms with E-state index in [0.29, 0.717) is 19.1 Å². The van der Waals surface area contributed by atoms with Crippen LogP contribution in [0.4, 0.5) is 4.79 Å². The maximum Gasteiger partial charge on any atom is 0.407 e. The molecule has 1 aliphatic heterocycles. The lowest BCUT2D eigenvalue weighted by molar-refractivity contribution is 0.0451. The Bertz CT molecular complexity index is 505. The molecule has 1 aliphatic rings. The maximum absolute atomic E-state index is 11.5. The van der Waals surface area contributed by atoms with E-state index in [1.165, 1.54) is 18.4 Å². The normalized spacial score (nSPS) is 16.6. The van der Waals surface area contributed by atoms with E-state index in [9.17, 15) is 4.79 Å². The number of nitrogens with one attached hydrogen (secondary N) is 1. The van der Waals surface area contributed by atoms with Crippen molar-refractivity contribution in [3.8, 4) is 0 Å². The zero-order valence-corrected chi connectivity index (χ0v) is 15.8. The first-order valence-electron chi connectivity index (χ1n) is 9.23. The van der Waals surface area contributed by atoms with Gasteiger partial charge in [0.05, 0.1) is 6.61 Å². The minimum atomic E-state index is -0.460. The number of likely N-dealkylation sites (tertiary alicyclic amines) is 1. The van der Waals surface area contributed by atoms with Gasteiger partial charge in [0, 0.05) is 19.7 Å². The van der Waals surface area contributed by atoms with Gasteiger partial charge in [-0.15, -0.1) is 0 Å². The summed E-state index contributed by atoms with van der Waals surface area (Å²) in [5.74, 6) is 0.619. The van der Waals surface area contributed by atoms with Crippen LogP contribution in [-0.4, -0.2) is 49.4 Å². The number of benzene rings is 1. The highest BCUT2D eigenvalue weighted by Crippen LogP contribution is 2.19. The first kappa shape index (κ1) is 19.7. The molecule has 1 aromatic rings. The largest absolute Gasteiger partial charge is 0.444 e. The predicted octanol–water partition coefficient (Wildman–Crippen LogP) is 3.44. The molecule has 2 rings (SSSR count). The number of hydrogen-bond donors (Lipinski definition) is 1. The Morgan fingerprint density at radius 3 is 2.52 bits per heavy atom. The molecule has 0 radical (unpaired) electrons. The van der Waals surface area contributed by atoms with Gasteiger partial charge in [0.25, 0.3) is 0 Å². The maximum atomic E-state index is 11.5. The lowest BCUT2D eigenvalue weighted by Gasteiger charge is -2.31. The number of ether oxygens (including phenoxy) is 2. The lowest BCUT2D eigenvalue weighted by Crippen LogP contribution is -2.36. The molecule has 0 unspecified atom stereocenters. The van der Waals surface area contributed by atoms with Gasteiger partial charge in [-0.2, -0.15) is 0 Å². The second-order valence-corrected chi connectivity index (χ2v) is 7.71. The van der Waals surface area contributed by atoms with E-state index >= 15 is 0 Å². The molecule has 0 aliphatic carbocycles. The fourth-order valence-corrected chi connectivity index (χ4v) is 2.94. The molecule has 0 saturated carbocycles. The zero-order chi connectivity index (χ0) is 18.1. The van der Waals surface area contributed by atoms with Crippen molar-refractivity contribution in [2.75, 3.05) is 32.8 Å². The zero-order valence-electron chi connectivity index (χ0n) is 15.8. The average molecular weight is 348 g/mol. The molecule has 0 spiro atoms. The van der Waals surface area contributed by atoms with Crippen LogP contribution in [0.5, 0.6) is 0 Å². The summed E-state index contributed by atoms with van der Waals surface area (Å²) in [7, 11) is 0. The van der Waals surface area contributed by atoms with Gasteiger partial charge in [-0.1, -0.05) is 30.3 Å². The molecular weight excluding hydrogens is 316 g/mol. The van der Waals surface area contributed by atoms with E-state index in [1.54, 1.807) is 0 Å². The molecule has 0 bridgehead atoms. The van der Waals surface area contributed by atoms with Gasteiger partial charge < -0.3 is 14.8 Å². The second-order valence-electron chi connectivity index (χ2n) is 7.71. The van der Waals surface area contributed by atoms with Crippen molar-refractivity contribution in [1.29, 1.82) is 0 Å². The number of alkyl carbamates (subject to hydrolysis) is 1. The molecule has 25 heavy (non-hydrogen) atoms. The van der Waals surface area contributed by atoms with Crippen LogP contribution in [-0.2, 0) is 16.0 Å². The SMILES string of the molecule is CC(C)(C)OC(=O)NCCOCC1CCN(Cc2ccccc2)CC1. The number of carbonyl (C=O) groups excluding carboxylic acids is 1. The number of rotatable bonds is 7. The molecule has 1 heterocycles. The van der Waals surface area contributed by atoms with Crippen LogP contribution < -0.4 is 5.32 Å². The van der Waals surface area contributed by atoms with Crippen LogP contribution in [0.15, 0.2) is 30.3 Å². The highest BCUT2D eigenvalue weighted by Gasteiger charge is 2.19. The van der Waals surface area contributed by atoms with Crippen LogP contribution in [0, 0.1) is 5.92 Å². The van der Waals surface area contributed by atoms with Crippen molar-refractivity contribution in [2.24, 2.45) is 5.92 Å². The van der Waals surface area contributed by atoms with Gasteiger partial charge in [-0.05, 0) is 58.2 Å². The standard InChI is InChI=1S/C20H32N2O3/c1-20(2,3)25-19(23)21-11-14-24-16-18-9-12-22(13-10-18)15-17-7-5-4-6-8-17/h4-8,18H,9-16H2,1-3H3,(H,21,23). The van der Waals surface area contributed by atoms with E-state index in [0.717, 1.165) is 26.2 Å². The average Bonchev–Trinajstić information content (AvgIpc) is 2.55. The highest BCUT2D eigenvalue weighted by molar-refractivity contribution is 5.67. The summed E-state index contributed by atoms with van der Waals surface area (Å²) in [5, 5.41) is 2.72. The van der Waals surface area contributed by atoms with E-state index in [1.807, 2.05) is 20.8 Å². The van der Waals surface area contributed by atoms with Crippen molar-refractivity contribution >= 4 is 6.09 Å². The number of nitrogens with zero attached hydrogens (tertiary/aromatic N) is 1. The minimum Gasteiger partial charge on any atom is -0.444 e. The Morgan fingerprint density at radius 1 is 1.20 bits per heavy atom. The summed E-state index contributed by atoms with van der Waals surface area (Å²) in [6.45, 7) is 10.6. The van der Waals surface area contributed by atoms with E-state index in [4.69, 9.17) is 9.47 Å². The molecule has 140 valence electrons. The number of amides is 1. The third kappa shape index (κ3) is 8.36. The van der Waals surface area contributed by atoms with Gasteiger partial charge >= 0.3 is 6.09 Å². The molecule has 1 amide bonds. The van der Waals surface area contributed by atoms with E-state index < -0.39 is 5.60 Å². The molecule has 1 aromatic carbocycles. The predicted molar refractivity (Wildman–Crippen MR) is 99.5 cm³/mol. The Balaban J connectivity index is 1.52. The summed E-state index contributed by atoms with van der Waals surface area (Å²) in [5.41, 5.74) is 0.920. The molecule has 1 fully saturated rings. The number of piperidine rings is 1. The summed E-state index contributed by atoms with van der Waals surface area (Å²) in [6.07, 6.45) is 1.96. The summed E-state index contributed by atoms with van der Waals surface area (Å²) in [4.78, 5) is 14.0. The first-order valence-corrected chi connectivity index (χ1v) is 9.23. The van der Waals surface area contributed by atoms with E-state index in [2.05, 4.69) is 40.5 Å². The van der Waals surface area contributed by atoms with Crippen molar-refractivity contribution in [1.82, 2.24) is 10.2 Å². The molecule has 5 nitrogen and oxygen atoms in total. The Hall–Kier alpha value is -1.59. The van der Waals surface area contributed by atoms with Crippen LogP contribution in [0.25, 0.3) is 0 Å². The smallest absolute Gasteiger partial charge is 0.407 e. The fraction of sp³-hybridized carbons (Fsp3) is 0.650. The van der Waals surface area contributed by atoms with Crippen molar-refractivity contribution in [3.63, 3.8) is 0 Å². The summed E-state index contributed by atoms with van der Waals surface area (Å²) >= 11 is 0. The Morgan fingerprint density at radius 2 is 1.88 bits per heavy atom. The molecule has 0 atom stereocenters. The molecule has 0 aromatic heterocycles. The third-order valence-electron chi connectivity index (χ3n) is 4.22. The van der Waals surface area contributed by atoms with Crippen molar-refractivity contribution < 1.29 is 14.3 Å². The summed E-state index contributed by atoms with van der Waals surface area (Å²) < 4.78 is 10.9. The Kier molecular flexibility index (Phi) is 7.72. The van der Waals surface area contributed by atoms with Crippen molar-refractivity contribution in [3.05, 3.63) is 35.9 Å². The van der Waals surface area contributed by atoms with Crippen LogP contribution in [0.1, 0.15) is 39.2 Å². The van der Waals surface area contributed by atoms with E-state index in [-0.39, 0.29) is 6.09 Å². The van der Waals surface area contributed by atoms with Gasteiger partial charge in [-0.3, -0.25) is 4.90 Å². The van der Waals surface area contributed by atoms with Crippen LogP contribution in [0.3, 0.4) is 0 Å². The van der Waals surface area contributed by atoms with Gasteiger partial charge in [0.2, 0.25) is 0 Å². The second kappa shape index (κ2) is 9.78. The molecule has 5 heteroatoms. The quantitative estimate of drug-likeness (QED) is 0.767. The monoisotopic (exact) mass is 348 g/mol. The highest BCUT2D eigenvalue weighted by atomic mass is 16.6. The number of carbonyl (C=O) groups is 1. The first-order chi connectivity index (χ1) is 11.9. The molecular formula is C20H32N2O3. The lowest BCUT2D eigenvalue weighted by atomic mass is 9.97. The third-order valence-corrected chi connectivity index (χ3v) is 4.22. The fourth-order valence-electron chi connectivity index (χ4n) is 2.94. The number of hydrogen-bond acceptors (Lipinski definition) is 4. The van der Waals surface area contributed by atoms with Gasteiger partial charge in [0.1, 0.15) is 5.60 Å². The van der Waals surface area contributed by atoms with Crippen LogP contribution >= 0.6 is 0 Å². The molecule has 1 N–H and O–H groups in total. The topological polar surface area (TPSA) is 50.8 Å². The van der Waals surface area contributed by atoms with Crippen molar-refractivity contribution in [2.45, 2.75) is 45.8 Å². The van der Waals surface area contributed by atoms with Gasteiger partial charge in [0.15, 0.2) is 0 Å². The van der Waals surface area contributed by atoms with Gasteiger partial charge in [-0.25, -0.2) is 4.79 Å².